The molecule has 4 aromatic carbocycles. The summed E-state index contributed by atoms with van der Waals surface area (Å²) in [7, 11) is -5.10. The molecule has 0 aliphatic carbocycles. The molecule has 50 heavy (non-hydrogen) atoms. The molecule has 0 bridgehead atoms. The highest BCUT2D eigenvalue weighted by molar-refractivity contribution is 7.94. The lowest BCUT2D eigenvalue weighted by molar-refractivity contribution is -0.777. The molecule has 0 fully saturated rings. The van der Waals surface area contributed by atoms with Crippen molar-refractivity contribution in [3.8, 4) is 34.3 Å². The topological polar surface area (TPSA) is 224 Å². The number of hydrogen-bond acceptors (Lipinski definition) is 15. The second kappa shape index (κ2) is 14.4. The van der Waals surface area contributed by atoms with Crippen LogP contribution in [-0.2, 0) is 19.5 Å². The molecule has 2 aromatic heterocycles. The van der Waals surface area contributed by atoms with Gasteiger partial charge in [-0.1, -0.05) is 48.5 Å². The Bertz CT molecular complexity index is 2350. The van der Waals surface area contributed by atoms with E-state index in [-0.39, 0.29) is 50.5 Å². The molecule has 6 aromatic rings. The first-order valence-corrected chi connectivity index (χ1v) is 16.6. The van der Waals surface area contributed by atoms with Crippen molar-refractivity contribution in [1.82, 2.24) is 19.6 Å². The highest BCUT2D eigenvalue weighted by atomic mass is 32.2. The van der Waals surface area contributed by atoms with E-state index in [0.29, 0.717) is 34.8 Å². The summed E-state index contributed by atoms with van der Waals surface area (Å²) in [6.45, 7) is 3.26. The van der Waals surface area contributed by atoms with Crippen LogP contribution in [0.2, 0.25) is 0 Å². The fourth-order valence-corrected chi connectivity index (χ4v) is 6.13. The molecular formula is C32H24N8O8S2-2. The number of benzene rings is 4. The number of azo groups is 2. The summed E-state index contributed by atoms with van der Waals surface area (Å²) in [5.41, 5.74) is 2.38. The lowest BCUT2D eigenvalue weighted by atomic mass is 10.0. The SMILES string of the molecule is Cc1nn(-c2ccccc2)c(O)c1N=Nc1ccc(-c2ccc(N=Nc3c(C)nn(-c4ccccc4)c3O)cc2S(=O)(=O)[O-])c(SOO[O-])c1. The fourth-order valence-electron chi connectivity index (χ4n) is 4.88. The largest absolute Gasteiger partial charge is 0.744 e. The first-order valence-electron chi connectivity index (χ1n) is 14.4. The minimum absolute atomic E-state index is 0.0144. The van der Waals surface area contributed by atoms with E-state index in [1.807, 2.05) is 12.1 Å². The van der Waals surface area contributed by atoms with Crippen LogP contribution < -0.4 is 5.26 Å². The van der Waals surface area contributed by atoms with Crippen molar-refractivity contribution >= 4 is 44.9 Å². The molecule has 0 atom stereocenters. The predicted octanol–water partition coefficient (Wildman–Crippen LogP) is 6.72. The van der Waals surface area contributed by atoms with Crippen molar-refractivity contribution in [1.29, 1.82) is 0 Å². The average Bonchev–Trinajstić information content (AvgIpc) is 3.57. The van der Waals surface area contributed by atoms with E-state index in [9.17, 15) is 28.4 Å². The minimum atomic E-state index is -5.10. The fraction of sp³-hybridized carbons (Fsp3) is 0.0625. The number of nitrogens with zero attached hydrogens (tertiary/aromatic N) is 8. The van der Waals surface area contributed by atoms with Crippen LogP contribution in [0.5, 0.6) is 11.8 Å². The highest BCUT2D eigenvalue weighted by Gasteiger charge is 2.19. The van der Waals surface area contributed by atoms with E-state index in [4.69, 9.17) is 0 Å². The molecule has 6 rings (SSSR count). The number of hydrogen-bond donors (Lipinski definition) is 2. The molecule has 16 nitrogen and oxygen atoms in total. The Balaban J connectivity index is 1.33. The lowest BCUT2D eigenvalue weighted by Gasteiger charge is -2.16. The molecule has 0 radical (unpaired) electrons. The van der Waals surface area contributed by atoms with E-state index in [1.54, 1.807) is 62.4 Å². The Hall–Kier alpha value is -5.76. The van der Waals surface area contributed by atoms with Gasteiger partial charge < -0.3 is 20.0 Å². The minimum Gasteiger partial charge on any atom is -0.744 e. The van der Waals surface area contributed by atoms with Crippen LogP contribution in [-0.4, -0.2) is 42.7 Å². The van der Waals surface area contributed by atoms with Crippen LogP contribution in [0.3, 0.4) is 0 Å². The predicted molar refractivity (Wildman–Crippen MR) is 176 cm³/mol. The van der Waals surface area contributed by atoms with Crippen LogP contribution in [0.25, 0.3) is 22.5 Å². The van der Waals surface area contributed by atoms with Crippen LogP contribution in [0, 0.1) is 13.8 Å². The molecule has 0 aliphatic rings. The molecule has 0 saturated heterocycles. The average molecular weight is 713 g/mol. The summed E-state index contributed by atoms with van der Waals surface area (Å²) in [5.74, 6) is -0.537. The van der Waals surface area contributed by atoms with Crippen molar-refractivity contribution in [2.45, 2.75) is 23.6 Å². The standard InChI is InChI=1S/C32H26N8O8S2/c1-19-29(31(41)39(37-19)23-9-5-3-6-10-23)35-33-21-13-15-25(27(17-21)49-48-47-43)26-16-14-22(18-28(26)50(44,45)46)34-36-30-20(2)38-40(32(30)42)24-11-7-4-8-12-24/h3-18,41-43H,1-2H3,(H,44,45,46)/p-2. The van der Waals surface area contributed by atoms with Crippen LogP contribution in [0.1, 0.15) is 11.4 Å². The summed E-state index contributed by atoms with van der Waals surface area (Å²) >= 11 is 0.442. The third-order valence-corrected chi connectivity index (χ3v) is 8.70. The number of rotatable bonds is 11. The van der Waals surface area contributed by atoms with Crippen LogP contribution in [0.15, 0.2) is 127 Å². The Morgan fingerprint density at radius 3 is 1.66 bits per heavy atom. The van der Waals surface area contributed by atoms with E-state index < -0.39 is 15.0 Å². The Labute approximate surface area is 288 Å². The molecule has 0 amide bonds. The summed E-state index contributed by atoms with van der Waals surface area (Å²) in [4.78, 5) is -0.519. The second-order valence-corrected chi connectivity index (χ2v) is 12.5. The lowest BCUT2D eigenvalue weighted by Crippen LogP contribution is -2.03. The highest BCUT2D eigenvalue weighted by Crippen LogP contribution is 2.41. The zero-order valence-corrected chi connectivity index (χ0v) is 27.6. The molecule has 0 saturated carbocycles. The number of aryl methyl sites for hydroxylation is 2. The first kappa shape index (κ1) is 34.1. The van der Waals surface area contributed by atoms with Crippen molar-refractivity contribution < 1.29 is 37.8 Å². The second-order valence-electron chi connectivity index (χ2n) is 10.4. The van der Waals surface area contributed by atoms with Crippen molar-refractivity contribution in [2.24, 2.45) is 20.5 Å². The molecule has 2 N–H and O–H groups in total. The summed E-state index contributed by atoms with van der Waals surface area (Å²) in [6, 6.07) is 25.8. The molecule has 0 unspecified atom stereocenters. The van der Waals surface area contributed by atoms with Gasteiger partial charge in [-0.25, -0.2) is 8.42 Å². The smallest absolute Gasteiger partial charge is 0.243 e. The number of aromatic hydroxyl groups is 2. The Morgan fingerprint density at radius 1 is 0.700 bits per heavy atom. The molecule has 18 heteroatoms. The monoisotopic (exact) mass is 712 g/mol. The van der Waals surface area contributed by atoms with Gasteiger partial charge in [0.15, 0.2) is 11.4 Å². The molecule has 0 aliphatic heterocycles. The third kappa shape index (κ3) is 7.15. The third-order valence-electron chi connectivity index (χ3n) is 7.18. The summed E-state index contributed by atoms with van der Waals surface area (Å²) in [5, 5.41) is 60.8. The van der Waals surface area contributed by atoms with E-state index in [2.05, 4.69) is 40.0 Å². The molecule has 2 heterocycles. The van der Waals surface area contributed by atoms with Crippen molar-refractivity contribution in [2.75, 3.05) is 0 Å². The molecule has 0 spiro atoms. The maximum atomic E-state index is 12.5. The van der Waals surface area contributed by atoms with Crippen molar-refractivity contribution in [3.05, 3.63) is 108 Å². The van der Waals surface area contributed by atoms with Gasteiger partial charge in [0.05, 0.1) is 51.1 Å². The number of aromatic nitrogens is 4. The first-order chi connectivity index (χ1) is 24.0. The van der Waals surface area contributed by atoms with Crippen LogP contribution in [0.4, 0.5) is 22.7 Å². The van der Waals surface area contributed by atoms with Gasteiger partial charge in [0.25, 0.3) is 0 Å². The van der Waals surface area contributed by atoms with Gasteiger partial charge >= 0.3 is 0 Å². The Morgan fingerprint density at radius 2 is 1.18 bits per heavy atom. The van der Waals surface area contributed by atoms with Gasteiger partial charge in [0.2, 0.25) is 11.8 Å². The van der Waals surface area contributed by atoms with Gasteiger partial charge in [0.1, 0.15) is 10.1 Å². The van der Waals surface area contributed by atoms with Crippen LogP contribution >= 0.6 is 12.0 Å². The molecular weight excluding hydrogens is 689 g/mol. The summed E-state index contributed by atoms with van der Waals surface area (Å²) < 4.78 is 44.6. The van der Waals surface area contributed by atoms with E-state index >= 15 is 0 Å². The van der Waals surface area contributed by atoms with Gasteiger partial charge in [-0.05, 0) is 67.9 Å². The zero-order chi connectivity index (χ0) is 35.4. The van der Waals surface area contributed by atoms with Gasteiger partial charge in [-0.15, -0.1) is 10.2 Å². The zero-order valence-electron chi connectivity index (χ0n) is 26.0. The normalized spacial score (nSPS) is 12.0. The molecule has 254 valence electrons. The van der Waals surface area contributed by atoms with Gasteiger partial charge in [-0.3, -0.25) is 5.04 Å². The van der Waals surface area contributed by atoms with Gasteiger partial charge in [-0.2, -0.15) is 34.1 Å². The Kier molecular flexibility index (Phi) is 9.81. The quantitative estimate of drug-likeness (QED) is 0.0471. The van der Waals surface area contributed by atoms with Gasteiger partial charge in [0, 0.05) is 10.5 Å². The summed E-state index contributed by atoms with van der Waals surface area (Å²) in [6.07, 6.45) is 0. The number of para-hydroxylation sites is 2. The van der Waals surface area contributed by atoms with Crippen molar-refractivity contribution in [3.63, 3.8) is 0 Å². The van der Waals surface area contributed by atoms with E-state index in [1.165, 1.54) is 39.7 Å². The van der Waals surface area contributed by atoms with E-state index in [0.717, 1.165) is 6.07 Å². The maximum absolute atomic E-state index is 12.5. The maximum Gasteiger partial charge on any atom is 0.243 e.